The van der Waals surface area contributed by atoms with Crippen LogP contribution in [0, 0.1) is 11.8 Å². The average Bonchev–Trinajstić information content (AvgIpc) is 2.19. The van der Waals surface area contributed by atoms with Crippen LogP contribution in [0.2, 0.25) is 0 Å². The Bertz CT molecular complexity index is 121. The monoisotopic (exact) mass is 269 g/mol. The van der Waals surface area contributed by atoms with Gasteiger partial charge < -0.3 is 10.7 Å². The Hall–Kier alpha value is 0.774. The van der Waals surface area contributed by atoms with Gasteiger partial charge in [-0.15, -0.1) is 0 Å². The van der Waals surface area contributed by atoms with Crippen molar-refractivity contribution in [3.05, 3.63) is 5.92 Å². The Morgan fingerprint density at radius 2 is 1.50 bits per heavy atom. The van der Waals surface area contributed by atoms with E-state index in [0.29, 0.717) is 0 Å². The minimum atomic E-state index is 0. The van der Waals surface area contributed by atoms with Gasteiger partial charge in [-0.2, -0.15) is 25.7 Å². The smallest absolute Gasteiger partial charge is 0 e. The Balaban J connectivity index is 0.000000381. The summed E-state index contributed by atoms with van der Waals surface area (Å²) in [5.74, 6) is 3.00. The second-order valence-electron chi connectivity index (χ2n) is 4.05. The summed E-state index contributed by atoms with van der Waals surface area (Å²) < 4.78 is 0. The molecule has 2 rings (SSSR count). The van der Waals surface area contributed by atoms with E-state index in [-0.39, 0.29) is 32.7 Å². The van der Waals surface area contributed by atoms with Gasteiger partial charge in [0.25, 0.3) is 0 Å². The first-order valence-corrected chi connectivity index (χ1v) is 5.52. The van der Waals surface area contributed by atoms with Crippen LogP contribution in [0.25, 0.3) is 0 Å². The zero-order valence-electron chi connectivity index (χ0n) is 9.22. The van der Waals surface area contributed by atoms with Gasteiger partial charge in [-0.3, -0.25) is 6.29 Å². The zero-order chi connectivity index (χ0) is 9.52. The van der Waals surface area contributed by atoms with Crippen molar-refractivity contribution in [3.8, 4) is 0 Å². The Kier molecular flexibility index (Phi) is 9.53. The van der Waals surface area contributed by atoms with Gasteiger partial charge in [-0.25, -0.2) is 0 Å². The third kappa shape index (κ3) is 5.02. The minimum absolute atomic E-state index is 0. The summed E-state index contributed by atoms with van der Waals surface area (Å²) in [5.41, 5.74) is 0. The standard InChI is InChI=1S/C10H17.C2H3O.Y/c1-2-6-10-8-4-3-7-9(10)5-1;1-2-3;/h9H,1-8H2;1H3;/q2*-1;. The van der Waals surface area contributed by atoms with Crippen molar-refractivity contribution in [2.75, 3.05) is 0 Å². The second kappa shape index (κ2) is 9.03. The third-order valence-corrected chi connectivity index (χ3v) is 3.18. The Morgan fingerprint density at radius 3 is 1.86 bits per heavy atom. The molecule has 2 saturated carbocycles. The first-order chi connectivity index (χ1) is 6.38. The molecule has 0 amide bonds. The van der Waals surface area contributed by atoms with Crippen LogP contribution in [0.15, 0.2) is 0 Å². The van der Waals surface area contributed by atoms with Gasteiger partial charge in [-0.05, 0) is 0 Å². The van der Waals surface area contributed by atoms with Crippen molar-refractivity contribution >= 4 is 6.29 Å². The molecule has 0 heterocycles. The van der Waals surface area contributed by atoms with E-state index in [2.05, 4.69) is 0 Å². The maximum atomic E-state index is 8.68. The van der Waals surface area contributed by atoms with Crippen molar-refractivity contribution < 1.29 is 37.5 Å². The van der Waals surface area contributed by atoms with Gasteiger partial charge in [0.15, 0.2) is 0 Å². The third-order valence-electron chi connectivity index (χ3n) is 3.18. The molecule has 2 heteroatoms. The quantitative estimate of drug-likeness (QED) is 0.616. The van der Waals surface area contributed by atoms with E-state index in [1.807, 2.05) is 5.92 Å². The van der Waals surface area contributed by atoms with Gasteiger partial charge in [0, 0.05) is 32.7 Å². The predicted octanol–water partition coefficient (Wildman–Crippen LogP) is 3.44. The summed E-state index contributed by atoms with van der Waals surface area (Å²) >= 11 is 0. The molecule has 0 saturated heterocycles. The Morgan fingerprint density at radius 1 is 1.07 bits per heavy atom. The van der Waals surface area contributed by atoms with Crippen LogP contribution in [-0.4, -0.2) is 6.29 Å². The fourth-order valence-electron chi connectivity index (χ4n) is 2.57. The zero-order valence-corrected chi connectivity index (χ0v) is 12.1. The average molecular weight is 269 g/mol. The minimum Gasteiger partial charge on any atom is -0.542 e. The van der Waals surface area contributed by atoms with Gasteiger partial charge in [-0.1, -0.05) is 38.5 Å². The van der Waals surface area contributed by atoms with Crippen LogP contribution < -0.4 is 0 Å². The molecule has 0 aliphatic heterocycles. The normalized spacial score (nSPS) is 22.4. The van der Waals surface area contributed by atoms with Gasteiger partial charge in [0.1, 0.15) is 0 Å². The molecule has 2 fully saturated rings. The number of hydrogen-bond acceptors (Lipinski definition) is 1. The maximum absolute atomic E-state index is 8.68. The van der Waals surface area contributed by atoms with Gasteiger partial charge >= 0.3 is 0 Å². The van der Waals surface area contributed by atoms with E-state index in [1.165, 1.54) is 64.6 Å². The molecule has 1 radical (unpaired) electrons. The SMILES string of the molecule is C1CCC2CCCC[C-]2C1.C[C-]=O.[Y]. The van der Waals surface area contributed by atoms with Crippen LogP contribution >= 0.6 is 0 Å². The number of hydrogen-bond donors (Lipinski definition) is 0. The summed E-state index contributed by atoms with van der Waals surface area (Å²) in [4.78, 5) is 8.68. The molecule has 0 N–H and O–H groups in total. The fourth-order valence-corrected chi connectivity index (χ4v) is 2.57. The Labute approximate surface area is 113 Å². The van der Waals surface area contributed by atoms with Crippen molar-refractivity contribution in [1.29, 1.82) is 0 Å². The molecule has 0 atom stereocenters. The van der Waals surface area contributed by atoms with Crippen molar-refractivity contribution in [2.24, 2.45) is 5.92 Å². The first kappa shape index (κ1) is 14.8. The van der Waals surface area contributed by atoms with E-state index < -0.39 is 0 Å². The molecular formula is C12H20OY-2. The molecule has 0 aromatic heterocycles. The summed E-state index contributed by atoms with van der Waals surface area (Å²) in [5, 5.41) is 0. The molecule has 79 valence electrons. The first-order valence-electron chi connectivity index (χ1n) is 5.52. The molecule has 0 unspecified atom stereocenters. The topological polar surface area (TPSA) is 17.1 Å². The largest absolute Gasteiger partial charge is 0.542 e. The number of rotatable bonds is 0. The summed E-state index contributed by atoms with van der Waals surface area (Å²) in [6.45, 7) is 1.32. The molecule has 1 nitrogen and oxygen atoms in total. The van der Waals surface area contributed by atoms with E-state index in [1.54, 1.807) is 0 Å². The number of carbonyl (C=O) groups excluding carboxylic acids is 1. The number of fused-ring (bicyclic) bond motifs is 1. The molecule has 0 aromatic rings. The van der Waals surface area contributed by atoms with E-state index in [0.717, 1.165) is 5.92 Å². The molecule has 14 heavy (non-hydrogen) atoms. The van der Waals surface area contributed by atoms with Gasteiger partial charge in [0.2, 0.25) is 0 Å². The molecule has 2 aliphatic carbocycles. The van der Waals surface area contributed by atoms with Crippen molar-refractivity contribution in [2.45, 2.75) is 58.3 Å². The molecule has 0 aromatic carbocycles. The molecule has 0 bridgehead atoms. The van der Waals surface area contributed by atoms with Crippen molar-refractivity contribution in [1.82, 2.24) is 0 Å². The molecule has 2 aliphatic rings. The van der Waals surface area contributed by atoms with E-state index in [4.69, 9.17) is 4.79 Å². The van der Waals surface area contributed by atoms with Crippen LogP contribution in [0.4, 0.5) is 0 Å². The van der Waals surface area contributed by atoms with Gasteiger partial charge in [0.05, 0.1) is 0 Å². The summed E-state index contributed by atoms with van der Waals surface area (Å²) in [6.07, 6.45) is 13.5. The molecular weight excluding hydrogens is 249 g/mol. The van der Waals surface area contributed by atoms with Crippen LogP contribution in [0.3, 0.4) is 0 Å². The van der Waals surface area contributed by atoms with Crippen molar-refractivity contribution in [3.63, 3.8) is 0 Å². The van der Waals surface area contributed by atoms with E-state index >= 15 is 0 Å². The predicted molar refractivity (Wildman–Crippen MR) is 55.0 cm³/mol. The maximum Gasteiger partial charge on any atom is 0 e. The van der Waals surface area contributed by atoms with E-state index in [9.17, 15) is 0 Å². The molecule has 0 spiro atoms. The summed E-state index contributed by atoms with van der Waals surface area (Å²) in [7, 11) is 0. The summed E-state index contributed by atoms with van der Waals surface area (Å²) in [6, 6.07) is 0. The van der Waals surface area contributed by atoms with Crippen LogP contribution in [0.5, 0.6) is 0 Å². The van der Waals surface area contributed by atoms with Crippen LogP contribution in [0.1, 0.15) is 58.3 Å². The van der Waals surface area contributed by atoms with Crippen LogP contribution in [-0.2, 0) is 37.5 Å². The fraction of sp³-hybridized carbons (Fsp3) is 0.833. The second-order valence-corrected chi connectivity index (χ2v) is 4.05.